The number of rotatable bonds is 4. The number of anilines is 1. The van der Waals surface area contributed by atoms with Crippen LogP contribution in [0, 0.1) is 13.8 Å². The summed E-state index contributed by atoms with van der Waals surface area (Å²) in [6.07, 6.45) is 3.19. The smallest absolute Gasteiger partial charge is 0.294 e. The first-order chi connectivity index (χ1) is 15.8. The van der Waals surface area contributed by atoms with Gasteiger partial charge >= 0.3 is 0 Å². The summed E-state index contributed by atoms with van der Waals surface area (Å²) in [4.78, 5) is 32.5. The number of fused-ring (bicyclic) bond motifs is 1. The lowest BCUT2D eigenvalue weighted by Crippen LogP contribution is -2.31. The molecule has 0 bridgehead atoms. The molecule has 0 aliphatic carbocycles. The number of aryl methyl sites for hydroxylation is 2. The Morgan fingerprint density at radius 3 is 2.55 bits per heavy atom. The van der Waals surface area contributed by atoms with Crippen molar-refractivity contribution in [3.8, 4) is 0 Å². The highest BCUT2D eigenvalue weighted by molar-refractivity contribution is 6.31. The highest BCUT2D eigenvalue weighted by Gasteiger charge is 2.45. The van der Waals surface area contributed by atoms with E-state index in [1.165, 1.54) is 4.90 Å². The van der Waals surface area contributed by atoms with Crippen LogP contribution in [-0.4, -0.2) is 21.8 Å². The number of carbonyl (C=O) groups excluding carboxylic acids is 2. The van der Waals surface area contributed by atoms with Crippen LogP contribution in [0.5, 0.6) is 0 Å². The molecule has 6 nitrogen and oxygen atoms in total. The lowest BCUT2D eigenvalue weighted by atomic mass is 9.95. The number of benzene rings is 2. The highest BCUT2D eigenvalue weighted by Crippen LogP contribution is 2.42. The van der Waals surface area contributed by atoms with E-state index in [9.17, 15) is 14.7 Å². The van der Waals surface area contributed by atoms with E-state index in [1.54, 1.807) is 48.8 Å². The second-order valence-electron chi connectivity index (χ2n) is 8.09. The summed E-state index contributed by atoms with van der Waals surface area (Å²) in [6, 6.07) is 14.9. The molecule has 0 fully saturated rings. The van der Waals surface area contributed by atoms with Gasteiger partial charge in [-0.05, 0) is 73.0 Å². The minimum atomic E-state index is -0.864. The van der Waals surface area contributed by atoms with E-state index in [0.29, 0.717) is 27.2 Å². The molecule has 0 spiro atoms. The molecule has 0 saturated heterocycles. The van der Waals surface area contributed by atoms with Gasteiger partial charge in [-0.15, -0.1) is 0 Å². The van der Waals surface area contributed by atoms with Crippen molar-refractivity contribution in [2.75, 3.05) is 4.90 Å². The van der Waals surface area contributed by atoms with Gasteiger partial charge in [-0.2, -0.15) is 0 Å². The third kappa shape index (κ3) is 3.58. The largest absolute Gasteiger partial charge is 0.503 e. The van der Waals surface area contributed by atoms with Gasteiger partial charge in [0.2, 0.25) is 5.78 Å². The molecule has 0 saturated carbocycles. The molecule has 5 rings (SSSR count). The molecule has 1 aliphatic rings. The zero-order valence-corrected chi connectivity index (χ0v) is 18.6. The number of nitrogens with zero attached hydrogens (tertiary/aromatic N) is 2. The SMILES string of the molecule is Cc1cc(C)cc(N2C(=O)C(O)=C(C(=O)c3cc4cc(Cl)ccc4o3)C2c2cccnc2)c1. The quantitative estimate of drug-likeness (QED) is 0.386. The maximum atomic E-state index is 13.6. The molecular formula is C26H19ClN2O4. The molecule has 0 radical (unpaired) electrons. The summed E-state index contributed by atoms with van der Waals surface area (Å²) >= 11 is 6.06. The summed E-state index contributed by atoms with van der Waals surface area (Å²) in [5.74, 6) is -1.82. The Labute approximate surface area is 194 Å². The van der Waals surface area contributed by atoms with Crippen LogP contribution in [0.3, 0.4) is 0 Å². The van der Waals surface area contributed by atoms with E-state index in [2.05, 4.69) is 4.98 Å². The molecular weight excluding hydrogens is 440 g/mol. The molecule has 2 aromatic heterocycles. The predicted molar refractivity (Wildman–Crippen MR) is 126 cm³/mol. The average molecular weight is 459 g/mol. The van der Waals surface area contributed by atoms with Crippen LogP contribution in [0.25, 0.3) is 11.0 Å². The fourth-order valence-electron chi connectivity index (χ4n) is 4.31. The zero-order chi connectivity index (χ0) is 23.3. The standard InChI is InChI=1S/C26H19ClN2O4/c1-14-8-15(2)10-19(9-14)29-23(16-4-3-7-28-13-16)22(25(31)26(29)32)24(30)21-12-17-11-18(27)5-6-20(17)33-21/h3-13,23,31H,1-2H3. The number of aromatic nitrogens is 1. The van der Waals surface area contributed by atoms with Gasteiger partial charge in [0.1, 0.15) is 5.58 Å². The van der Waals surface area contributed by atoms with E-state index in [4.69, 9.17) is 16.0 Å². The van der Waals surface area contributed by atoms with Crippen LogP contribution in [0.15, 0.2) is 82.7 Å². The third-order valence-corrected chi connectivity index (χ3v) is 5.87. The Bertz CT molecular complexity index is 1440. The summed E-state index contributed by atoms with van der Waals surface area (Å²) in [5, 5.41) is 12.1. The Kier molecular flexibility index (Phi) is 5.02. The number of hydrogen-bond acceptors (Lipinski definition) is 5. The maximum Gasteiger partial charge on any atom is 0.294 e. The normalized spacial score (nSPS) is 16.2. The Morgan fingerprint density at radius 1 is 1.09 bits per heavy atom. The second-order valence-corrected chi connectivity index (χ2v) is 8.53. The molecule has 1 atom stereocenters. The van der Waals surface area contributed by atoms with Gasteiger partial charge in [0.15, 0.2) is 11.5 Å². The molecule has 3 heterocycles. The molecule has 1 N–H and O–H groups in total. The number of halogens is 1. The number of aliphatic hydroxyl groups excluding tert-OH is 1. The maximum absolute atomic E-state index is 13.6. The summed E-state index contributed by atoms with van der Waals surface area (Å²) < 4.78 is 5.75. The first-order valence-corrected chi connectivity index (χ1v) is 10.7. The van der Waals surface area contributed by atoms with Gasteiger partial charge in [-0.1, -0.05) is 23.7 Å². The first kappa shape index (κ1) is 21.0. The molecule has 33 heavy (non-hydrogen) atoms. The van der Waals surface area contributed by atoms with E-state index in [-0.39, 0.29) is 11.3 Å². The molecule has 1 unspecified atom stereocenters. The molecule has 1 amide bonds. The van der Waals surface area contributed by atoms with Gasteiger partial charge in [0, 0.05) is 28.5 Å². The number of carbonyl (C=O) groups is 2. The lowest BCUT2D eigenvalue weighted by molar-refractivity contribution is -0.117. The number of ketones is 1. The fraction of sp³-hybridized carbons (Fsp3) is 0.115. The molecule has 4 aromatic rings. The first-order valence-electron chi connectivity index (χ1n) is 10.3. The molecule has 164 valence electrons. The minimum absolute atomic E-state index is 0.0118. The highest BCUT2D eigenvalue weighted by atomic mass is 35.5. The van der Waals surface area contributed by atoms with E-state index >= 15 is 0 Å². The van der Waals surface area contributed by atoms with Crippen LogP contribution in [-0.2, 0) is 4.79 Å². The third-order valence-electron chi connectivity index (χ3n) is 5.64. The second kappa shape index (κ2) is 7.90. The number of pyridine rings is 1. The summed E-state index contributed by atoms with van der Waals surface area (Å²) in [6.45, 7) is 3.85. The Morgan fingerprint density at radius 2 is 1.85 bits per heavy atom. The monoisotopic (exact) mass is 458 g/mol. The number of furan rings is 1. The minimum Gasteiger partial charge on any atom is -0.503 e. The van der Waals surface area contributed by atoms with Gasteiger partial charge < -0.3 is 9.52 Å². The number of hydrogen-bond donors (Lipinski definition) is 1. The number of Topliss-reactive ketones (excluding diaryl/α,β-unsaturated/α-hetero) is 1. The van der Waals surface area contributed by atoms with Gasteiger partial charge in [0.25, 0.3) is 5.91 Å². The van der Waals surface area contributed by atoms with Gasteiger partial charge in [-0.25, -0.2) is 0 Å². The van der Waals surface area contributed by atoms with Crippen molar-refractivity contribution >= 4 is 39.9 Å². The van der Waals surface area contributed by atoms with Crippen molar-refractivity contribution < 1.29 is 19.1 Å². The number of amides is 1. The number of aliphatic hydroxyl groups is 1. The molecule has 1 aliphatic heterocycles. The average Bonchev–Trinajstić information content (AvgIpc) is 3.32. The van der Waals surface area contributed by atoms with Gasteiger partial charge in [0.05, 0.1) is 11.6 Å². The van der Waals surface area contributed by atoms with Crippen molar-refractivity contribution in [3.63, 3.8) is 0 Å². The predicted octanol–water partition coefficient (Wildman–Crippen LogP) is 5.88. The van der Waals surface area contributed by atoms with Crippen molar-refractivity contribution in [3.05, 3.63) is 106 Å². The summed E-state index contributed by atoms with van der Waals surface area (Å²) in [7, 11) is 0. The van der Waals surface area contributed by atoms with E-state index in [0.717, 1.165) is 11.1 Å². The van der Waals surface area contributed by atoms with Crippen LogP contribution in [0.4, 0.5) is 5.69 Å². The lowest BCUT2D eigenvalue weighted by Gasteiger charge is -2.27. The van der Waals surface area contributed by atoms with Crippen molar-refractivity contribution in [2.45, 2.75) is 19.9 Å². The molecule has 2 aromatic carbocycles. The van der Waals surface area contributed by atoms with Crippen molar-refractivity contribution in [1.29, 1.82) is 0 Å². The van der Waals surface area contributed by atoms with Gasteiger partial charge in [-0.3, -0.25) is 19.5 Å². The van der Waals surface area contributed by atoms with Crippen molar-refractivity contribution in [1.82, 2.24) is 4.98 Å². The zero-order valence-electron chi connectivity index (χ0n) is 17.9. The van der Waals surface area contributed by atoms with Crippen LogP contribution < -0.4 is 4.90 Å². The topological polar surface area (TPSA) is 83.6 Å². The van der Waals surface area contributed by atoms with Crippen LogP contribution in [0.2, 0.25) is 5.02 Å². The fourth-order valence-corrected chi connectivity index (χ4v) is 4.49. The van der Waals surface area contributed by atoms with E-state index < -0.39 is 23.5 Å². The Hall–Kier alpha value is -3.90. The van der Waals surface area contributed by atoms with Crippen molar-refractivity contribution in [2.24, 2.45) is 0 Å². The van der Waals surface area contributed by atoms with Crippen LogP contribution >= 0.6 is 11.6 Å². The van der Waals surface area contributed by atoms with E-state index in [1.807, 2.05) is 32.0 Å². The van der Waals surface area contributed by atoms with Crippen LogP contribution in [0.1, 0.15) is 33.3 Å². The Balaban J connectivity index is 1.67. The summed E-state index contributed by atoms with van der Waals surface area (Å²) in [5.41, 5.74) is 3.51. The molecule has 7 heteroatoms.